The minimum atomic E-state index is -0.573. The number of rotatable bonds is 1. The van der Waals surface area contributed by atoms with Crippen LogP contribution >= 0.6 is 0 Å². The number of aryl methyl sites for hydroxylation is 1. The topological polar surface area (TPSA) is 12.9 Å². The van der Waals surface area contributed by atoms with E-state index in [0.717, 1.165) is 22.8 Å². The van der Waals surface area contributed by atoms with Gasteiger partial charge in [0.2, 0.25) is 0 Å². The van der Waals surface area contributed by atoms with Gasteiger partial charge in [0.1, 0.15) is 11.6 Å². The maximum Gasteiger partial charge on any atom is 0.126 e. The molecule has 0 unspecified atom stereocenters. The molecule has 2 rings (SSSR count). The summed E-state index contributed by atoms with van der Waals surface area (Å²) in [6.45, 7) is 3.83. The maximum atomic E-state index is 13.1. The molecule has 1 nitrogen and oxygen atoms in total. The van der Waals surface area contributed by atoms with Crippen LogP contribution < -0.4 is 0 Å². The van der Waals surface area contributed by atoms with E-state index < -0.39 is 11.6 Å². The molecule has 0 saturated heterocycles. The Hall–Kier alpha value is -1.77. The summed E-state index contributed by atoms with van der Waals surface area (Å²) in [5, 5.41) is 0. The van der Waals surface area contributed by atoms with Crippen molar-refractivity contribution in [2.45, 2.75) is 13.8 Å². The van der Waals surface area contributed by atoms with Crippen molar-refractivity contribution in [3.05, 3.63) is 53.4 Å². The highest BCUT2D eigenvalue weighted by molar-refractivity contribution is 5.67. The van der Waals surface area contributed by atoms with E-state index >= 15 is 0 Å². The van der Waals surface area contributed by atoms with Gasteiger partial charge >= 0.3 is 0 Å². The van der Waals surface area contributed by atoms with Crippen LogP contribution in [0.15, 0.2) is 30.6 Å². The van der Waals surface area contributed by atoms with Crippen LogP contribution in [-0.2, 0) is 0 Å². The maximum absolute atomic E-state index is 13.1. The first-order chi connectivity index (χ1) is 7.58. The standard InChI is InChI=1S/C13H11F2N/c1-8-6-16-7-13(9(8)2)10-3-11(14)5-12(15)4-10/h3-7H,1-2H3. The summed E-state index contributed by atoms with van der Waals surface area (Å²) in [4.78, 5) is 4.04. The summed E-state index contributed by atoms with van der Waals surface area (Å²) < 4.78 is 26.2. The van der Waals surface area contributed by atoms with Crippen LogP contribution in [0.25, 0.3) is 11.1 Å². The normalized spacial score (nSPS) is 10.5. The fourth-order valence-corrected chi connectivity index (χ4v) is 1.63. The van der Waals surface area contributed by atoms with Gasteiger partial charge in [0.25, 0.3) is 0 Å². The molecule has 0 atom stereocenters. The molecule has 1 aromatic carbocycles. The summed E-state index contributed by atoms with van der Waals surface area (Å²) in [5.74, 6) is -1.15. The van der Waals surface area contributed by atoms with Gasteiger partial charge in [-0.05, 0) is 42.7 Å². The second kappa shape index (κ2) is 4.00. The molecular weight excluding hydrogens is 208 g/mol. The van der Waals surface area contributed by atoms with Crippen LogP contribution in [0.1, 0.15) is 11.1 Å². The van der Waals surface area contributed by atoms with E-state index in [4.69, 9.17) is 0 Å². The number of benzene rings is 1. The summed E-state index contributed by atoms with van der Waals surface area (Å²) in [6.07, 6.45) is 3.35. The van der Waals surface area contributed by atoms with E-state index in [2.05, 4.69) is 4.98 Å². The van der Waals surface area contributed by atoms with Gasteiger partial charge in [-0.3, -0.25) is 4.98 Å². The van der Waals surface area contributed by atoms with Crippen LogP contribution in [0.5, 0.6) is 0 Å². The first kappa shape index (κ1) is 10.7. The first-order valence-corrected chi connectivity index (χ1v) is 4.95. The number of hydrogen-bond donors (Lipinski definition) is 0. The van der Waals surface area contributed by atoms with Crippen LogP contribution in [0.2, 0.25) is 0 Å². The second-order valence-electron chi connectivity index (χ2n) is 3.79. The lowest BCUT2D eigenvalue weighted by atomic mass is 10.00. The molecule has 1 aromatic heterocycles. The first-order valence-electron chi connectivity index (χ1n) is 4.95. The predicted octanol–water partition coefficient (Wildman–Crippen LogP) is 3.64. The van der Waals surface area contributed by atoms with E-state index in [1.165, 1.54) is 12.1 Å². The lowest BCUT2D eigenvalue weighted by Crippen LogP contribution is -1.91. The molecule has 0 spiro atoms. The van der Waals surface area contributed by atoms with Crippen molar-refractivity contribution in [1.82, 2.24) is 4.98 Å². The van der Waals surface area contributed by atoms with Crippen molar-refractivity contribution < 1.29 is 8.78 Å². The van der Waals surface area contributed by atoms with E-state index in [0.29, 0.717) is 5.56 Å². The molecule has 16 heavy (non-hydrogen) atoms. The molecule has 3 heteroatoms. The van der Waals surface area contributed by atoms with Crippen molar-refractivity contribution in [1.29, 1.82) is 0 Å². The third-order valence-corrected chi connectivity index (χ3v) is 2.64. The molecule has 0 aliphatic heterocycles. The lowest BCUT2D eigenvalue weighted by molar-refractivity contribution is 0.584. The minimum absolute atomic E-state index is 0.520. The lowest BCUT2D eigenvalue weighted by Gasteiger charge is -2.08. The minimum Gasteiger partial charge on any atom is -0.264 e. The van der Waals surface area contributed by atoms with Crippen molar-refractivity contribution in [2.75, 3.05) is 0 Å². The van der Waals surface area contributed by atoms with Gasteiger partial charge in [-0.2, -0.15) is 0 Å². The average Bonchev–Trinajstić information content (AvgIpc) is 2.20. The summed E-state index contributed by atoms with van der Waals surface area (Å²) >= 11 is 0. The van der Waals surface area contributed by atoms with E-state index in [1.54, 1.807) is 12.4 Å². The second-order valence-corrected chi connectivity index (χ2v) is 3.79. The number of hydrogen-bond acceptors (Lipinski definition) is 1. The van der Waals surface area contributed by atoms with Crippen LogP contribution in [0.3, 0.4) is 0 Å². The Labute approximate surface area is 92.8 Å². The molecule has 0 saturated carbocycles. The zero-order valence-corrected chi connectivity index (χ0v) is 9.09. The van der Waals surface area contributed by atoms with Crippen LogP contribution in [0.4, 0.5) is 8.78 Å². The SMILES string of the molecule is Cc1cncc(-c2cc(F)cc(F)c2)c1C. The van der Waals surface area contributed by atoms with Crippen molar-refractivity contribution in [3.63, 3.8) is 0 Å². The third kappa shape index (κ3) is 1.94. The molecule has 0 N–H and O–H groups in total. The average molecular weight is 219 g/mol. The molecule has 0 fully saturated rings. The van der Waals surface area contributed by atoms with Crippen LogP contribution in [0, 0.1) is 25.5 Å². The summed E-state index contributed by atoms with van der Waals surface area (Å²) in [5.41, 5.74) is 3.27. The fraction of sp³-hybridized carbons (Fsp3) is 0.154. The highest BCUT2D eigenvalue weighted by Crippen LogP contribution is 2.25. The summed E-state index contributed by atoms with van der Waals surface area (Å²) in [6, 6.07) is 3.49. The number of aromatic nitrogens is 1. The molecule has 2 aromatic rings. The Bertz CT molecular complexity index is 515. The van der Waals surface area contributed by atoms with Gasteiger partial charge in [0.15, 0.2) is 0 Å². The van der Waals surface area contributed by atoms with Gasteiger partial charge in [-0.25, -0.2) is 8.78 Å². The van der Waals surface area contributed by atoms with Gasteiger partial charge in [0.05, 0.1) is 0 Å². The quantitative estimate of drug-likeness (QED) is 0.713. The monoisotopic (exact) mass is 219 g/mol. The zero-order valence-electron chi connectivity index (χ0n) is 9.09. The van der Waals surface area contributed by atoms with Gasteiger partial charge < -0.3 is 0 Å². The van der Waals surface area contributed by atoms with E-state index in [9.17, 15) is 8.78 Å². The molecule has 0 radical (unpaired) electrons. The van der Waals surface area contributed by atoms with Crippen molar-refractivity contribution in [3.8, 4) is 11.1 Å². The van der Waals surface area contributed by atoms with Gasteiger partial charge in [-0.1, -0.05) is 0 Å². The highest BCUT2D eigenvalue weighted by atomic mass is 19.1. The molecule has 0 aliphatic rings. The van der Waals surface area contributed by atoms with Gasteiger partial charge in [0, 0.05) is 24.0 Å². The fourth-order valence-electron chi connectivity index (χ4n) is 1.63. The van der Waals surface area contributed by atoms with E-state index in [1.807, 2.05) is 13.8 Å². The Kier molecular flexibility index (Phi) is 2.69. The number of halogens is 2. The van der Waals surface area contributed by atoms with Gasteiger partial charge in [-0.15, -0.1) is 0 Å². The predicted molar refractivity (Wildman–Crippen MR) is 59.1 cm³/mol. The van der Waals surface area contributed by atoms with Crippen LogP contribution in [-0.4, -0.2) is 4.98 Å². The molecule has 82 valence electrons. The van der Waals surface area contributed by atoms with Crippen molar-refractivity contribution in [2.24, 2.45) is 0 Å². The Morgan fingerprint density at radius 1 is 0.938 bits per heavy atom. The molecule has 0 aliphatic carbocycles. The van der Waals surface area contributed by atoms with Crippen molar-refractivity contribution >= 4 is 0 Å². The third-order valence-electron chi connectivity index (χ3n) is 2.64. The molecule has 0 bridgehead atoms. The summed E-state index contributed by atoms with van der Waals surface area (Å²) in [7, 11) is 0. The number of nitrogens with zero attached hydrogens (tertiary/aromatic N) is 1. The zero-order chi connectivity index (χ0) is 11.7. The Morgan fingerprint density at radius 3 is 2.19 bits per heavy atom. The molecule has 1 heterocycles. The highest BCUT2D eigenvalue weighted by Gasteiger charge is 2.07. The number of pyridine rings is 1. The molecular formula is C13H11F2N. The Morgan fingerprint density at radius 2 is 1.56 bits per heavy atom. The smallest absolute Gasteiger partial charge is 0.126 e. The largest absolute Gasteiger partial charge is 0.264 e. The molecule has 0 amide bonds. The van der Waals surface area contributed by atoms with E-state index in [-0.39, 0.29) is 0 Å². The Balaban J connectivity index is 2.63.